The SMILES string of the molecule is CCOC(=O)C(C(=O)OCC)c1c[nH]c2ccccc12. The van der Waals surface area contributed by atoms with Crippen LogP contribution >= 0.6 is 0 Å². The van der Waals surface area contributed by atoms with E-state index < -0.39 is 17.9 Å². The highest BCUT2D eigenvalue weighted by atomic mass is 16.6. The highest BCUT2D eigenvalue weighted by Gasteiger charge is 2.33. The van der Waals surface area contributed by atoms with Gasteiger partial charge in [-0.3, -0.25) is 9.59 Å². The van der Waals surface area contributed by atoms with E-state index in [1.165, 1.54) is 0 Å². The zero-order chi connectivity index (χ0) is 14.5. The molecule has 1 aromatic heterocycles. The number of esters is 2. The monoisotopic (exact) mass is 275 g/mol. The van der Waals surface area contributed by atoms with E-state index in [0.717, 1.165) is 10.9 Å². The largest absolute Gasteiger partial charge is 0.465 e. The van der Waals surface area contributed by atoms with Crippen molar-refractivity contribution in [2.45, 2.75) is 19.8 Å². The fraction of sp³-hybridized carbons (Fsp3) is 0.333. The Hall–Kier alpha value is -2.30. The number of rotatable bonds is 5. The van der Waals surface area contributed by atoms with Crippen molar-refractivity contribution in [3.05, 3.63) is 36.0 Å². The molecule has 1 heterocycles. The molecular formula is C15H17NO4. The summed E-state index contributed by atoms with van der Waals surface area (Å²) in [5.41, 5.74) is 1.44. The summed E-state index contributed by atoms with van der Waals surface area (Å²) in [4.78, 5) is 27.2. The van der Waals surface area contributed by atoms with Gasteiger partial charge in [0.2, 0.25) is 0 Å². The number of hydrogen-bond donors (Lipinski definition) is 1. The van der Waals surface area contributed by atoms with Crippen LogP contribution in [-0.2, 0) is 19.1 Å². The molecule has 0 saturated carbocycles. The van der Waals surface area contributed by atoms with Gasteiger partial charge in [-0.1, -0.05) is 18.2 Å². The lowest BCUT2D eigenvalue weighted by Gasteiger charge is -2.13. The second-order valence-corrected chi connectivity index (χ2v) is 4.23. The van der Waals surface area contributed by atoms with Gasteiger partial charge in [-0.15, -0.1) is 0 Å². The van der Waals surface area contributed by atoms with Crippen molar-refractivity contribution >= 4 is 22.8 Å². The molecule has 0 atom stereocenters. The number of benzene rings is 1. The number of carbonyl (C=O) groups excluding carboxylic acids is 2. The standard InChI is InChI=1S/C15H17NO4/c1-3-19-14(17)13(15(18)20-4-2)11-9-16-12-8-6-5-7-10(11)12/h5-9,13,16H,3-4H2,1-2H3. The van der Waals surface area contributed by atoms with E-state index in [0.29, 0.717) is 5.56 Å². The van der Waals surface area contributed by atoms with Crippen molar-refractivity contribution in [3.8, 4) is 0 Å². The molecule has 0 aliphatic carbocycles. The lowest BCUT2D eigenvalue weighted by Crippen LogP contribution is -2.26. The van der Waals surface area contributed by atoms with Crippen molar-refractivity contribution in [1.82, 2.24) is 4.98 Å². The molecule has 1 aromatic carbocycles. The molecule has 0 fully saturated rings. The molecular weight excluding hydrogens is 258 g/mol. The first-order valence-electron chi connectivity index (χ1n) is 6.58. The van der Waals surface area contributed by atoms with Gasteiger partial charge in [0.25, 0.3) is 0 Å². The molecule has 0 bridgehead atoms. The Labute approximate surface area is 116 Å². The summed E-state index contributed by atoms with van der Waals surface area (Å²) in [6.07, 6.45) is 1.66. The third-order valence-electron chi connectivity index (χ3n) is 2.98. The van der Waals surface area contributed by atoms with E-state index in [1.807, 2.05) is 24.3 Å². The molecule has 2 rings (SSSR count). The summed E-state index contributed by atoms with van der Waals surface area (Å²) >= 11 is 0. The molecule has 0 unspecified atom stereocenters. The maximum Gasteiger partial charge on any atom is 0.324 e. The molecule has 0 spiro atoms. The highest BCUT2D eigenvalue weighted by molar-refractivity contribution is 6.04. The molecule has 106 valence electrons. The van der Waals surface area contributed by atoms with Gasteiger partial charge in [-0.2, -0.15) is 0 Å². The minimum atomic E-state index is -1.05. The first kappa shape index (κ1) is 14.1. The molecule has 5 heteroatoms. The van der Waals surface area contributed by atoms with Gasteiger partial charge in [-0.25, -0.2) is 0 Å². The van der Waals surface area contributed by atoms with Crippen LogP contribution in [0.2, 0.25) is 0 Å². The number of ether oxygens (including phenoxy) is 2. The normalized spacial score (nSPS) is 10.8. The Morgan fingerprint density at radius 2 is 1.70 bits per heavy atom. The van der Waals surface area contributed by atoms with Crippen LogP contribution in [0.1, 0.15) is 25.3 Å². The predicted molar refractivity (Wildman–Crippen MR) is 74.3 cm³/mol. The molecule has 0 aliphatic heterocycles. The van der Waals surface area contributed by atoms with Gasteiger partial charge in [0.15, 0.2) is 5.92 Å². The third-order valence-corrected chi connectivity index (χ3v) is 2.98. The number of fused-ring (bicyclic) bond motifs is 1. The Kier molecular flexibility index (Phi) is 4.40. The van der Waals surface area contributed by atoms with Crippen LogP contribution in [0.3, 0.4) is 0 Å². The Balaban J connectivity index is 2.44. The van der Waals surface area contributed by atoms with E-state index >= 15 is 0 Å². The van der Waals surface area contributed by atoms with Crippen LogP contribution in [0.5, 0.6) is 0 Å². The number of carbonyl (C=O) groups is 2. The quantitative estimate of drug-likeness (QED) is 0.672. The summed E-state index contributed by atoms with van der Waals surface area (Å²) < 4.78 is 9.98. The highest BCUT2D eigenvalue weighted by Crippen LogP contribution is 2.27. The summed E-state index contributed by atoms with van der Waals surface area (Å²) in [5, 5.41) is 0.818. The Morgan fingerprint density at radius 1 is 1.10 bits per heavy atom. The first-order valence-corrected chi connectivity index (χ1v) is 6.58. The summed E-state index contributed by atoms with van der Waals surface area (Å²) in [7, 11) is 0. The van der Waals surface area contributed by atoms with Gasteiger partial charge in [0.05, 0.1) is 13.2 Å². The van der Waals surface area contributed by atoms with Gasteiger partial charge in [-0.05, 0) is 19.9 Å². The van der Waals surface area contributed by atoms with E-state index in [4.69, 9.17) is 9.47 Å². The molecule has 0 aliphatic rings. The van der Waals surface area contributed by atoms with Crippen molar-refractivity contribution in [1.29, 1.82) is 0 Å². The first-order chi connectivity index (χ1) is 9.69. The number of nitrogens with one attached hydrogen (secondary N) is 1. The molecule has 5 nitrogen and oxygen atoms in total. The average molecular weight is 275 g/mol. The van der Waals surface area contributed by atoms with Crippen molar-refractivity contribution in [2.75, 3.05) is 13.2 Å². The fourth-order valence-corrected chi connectivity index (χ4v) is 2.13. The molecule has 20 heavy (non-hydrogen) atoms. The maximum absolute atomic E-state index is 12.1. The molecule has 0 saturated heterocycles. The number of aromatic nitrogens is 1. The number of hydrogen-bond acceptors (Lipinski definition) is 4. The van der Waals surface area contributed by atoms with E-state index in [1.54, 1.807) is 20.0 Å². The fourth-order valence-electron chi connectivity index (χ4n) is 2.13. The Bertz CT molecular complexity index is 599. The third kappa shape index (κ3) is 2.66. The van der Waals surface area contributed by atoms with E-state index in [9.17, 15) is 9.59 Å². The lowest BCUT2D eigenvalue weighted by atomic mass is 9.98. The maximum atomic E-state index is 12.1. The second-order valence-electron chi connectivity index (χ2n) is 4.23. The van der Waals surface area contributed by atoms with Gasteiger partial charge < -0.3 is 14.5 Å². The van der Waals surface area contributed by atoms with Gasteiger partial charge in [0, 0.05) is 22.7 Å². The zero-order valence-electron chi connectivity index (χ0n) is 11.5. The molecule has 2 aromatic rings. The predicted octanol–water partition coefficient (Wildman–Crippen LogP) is 2.38. The smallest absolute Gasteiger partial charge is 0.324 e. The van der Waals surface area contributed by atoms with Crippen LogP contribution in [0.15, 0.2) is 30.5 Å². The van der Waals surface area contributed by atoms with Crippen molar-refractivity contribution < 1.29 is 19.1 Å². The van der Waals surface area contributed by atoms with Crippen LogP contribution in [-0.4, -0.2) is 30.1 Å². The topological polar surface area (TPSA) is 68.4 Å². The second kappa shape index (κ2) is 6.23. The van der Waals surface area contributed by atoms with Crippen LogP contribution in [0, 0.1) is 0 Å². The minimum absolute atomic E-state index is 0.219. The van der Waals surface area contributed by atoms with E-state index in [2.05, 4.69) is 4.98 Å². The van der Waals surface area contributed by atoms with Crippen LogP contribution in [0.25, 0.3) is 10.9 Å². The number of para-hydroxylation sites is 1. The van der Waals surface area contributed by atoms with Gasteiger partial charge in [0.1, 0.15) is 0 Å². The molecule has 0 amide bonds. The van der Waals surface area contributed by atoms with Crippen molar-refractivity contribution in [2.24, 2.45) is 0 Å². The number of H-pyrrole nitrogens is 1. The average Bonchev–Trinajstić information content (AvgIpc) is 2.84. The molecule has 0 radical (unpaired) electrons. The van der Waals surface area contributed by atoms with Crippen LogP contribution < -0.4 is 0 Å². The molecule has 1 N–H and O–H groups in total. The minimum Gasteiger partial charge on any atom is -0.465 e. The van der Waals surface area contributed by atoms with E-state index in [-0.39, 0.29) is 13.2 Å². The lowest BCUT2D eigenvalue weighted by molar-refractivity contribution is -0.156. The summed E-state index contributed by atoms with van der Waals surface area (Å²) in [6.45, 7) is 3.85. The summed E-state index contributed by atoms with van der Waals surface area (Å²) in [5.74, 6) is -2.22. The number of aromatic amines is 1. The Morgan fingerprint density at radius 3 is 2.30 bits per heavy atom. The van der Waals surface area contributed by atoms with Gasteiger partial charge >= 0.3 is 11.9 Å². The summed E-state index contributed by atoms with van der Waals surface area (Å²) in [6, 6.07) is 7.47. The van der Waals surface area contributed by atoms with Crippen LogP contribution in [0.4, 0.5) is 0 Å². The van der Waals surface area contributed by atoms with Crippen molar-refractivity contribution in [3.63, 3.8) is 0 Å². The zero-order valence-corrected chi connectivity index (χ0v) is 11.5.